The maximum Gasteiger partial charge on any atom is 0.287 e. The van der Waals surface area contributed by atoms with Crippen LogP contribution in [0.25, 0.3) is 11.0 Å². The van der Waals surface area contributed by atoms with Crippen LogP contribution >= 0.6 is 0 Å². The molecule has 0 fully saturated rings. The average Bonchev–Trinajstić information content (AvgIpc) is 2.94. The smallest absolute Gasteiger partial charge is 0.287 e. The number of carbonyl (C=O) groups is 1. The van der Waals surface area contributed by atoms with Crippen LogP contribution in [-0.2, 0) is 6.54 Å². The Hall–Kier alpha value is -3.29. The maximum atomic E-state index is 12.3. The van der Waals surface area contributed by atoms with Crippen molar-refractivity contribution in [1.29, 1.82) is 0 Å². The van der Waals surface area contributed by atoms with E-state index in [0.717, 1.165) is 21.7 Å². The van der Waals surface area contributed by atoms with Crippen molar-refractivity contribution in [3.8, 4) is 5.75 Å². The third-order valence-corrected chi connectivity index (χ3v) is 3.86. The third-order valence-electron chi connectivity index (χ3n) is 3.86. The van der Waals surface area contributed by atoms with Crippen LogP contribution in [0.3, 0.4) is 0 Å². The molecule has 1 aromatic carbocycles. The molecule has 0 saturated heterocycles. The van der Waals surface area contributed by atoms with Crippen molar-refractivity contribution >= 4 is 16.9 Å². The van der Waals surface area contributed by atoms with Crippen LogP contribution in [-0.4, -0.2) is 29.3 Å². The van der Waals surface area contributed by atoms with E-state index in [2.05, 4.69) is 10.4 Å². The van der Waals surface area contributed by atoms with Crippen molar-refractivity contribution in [2.75, 3.05) is 13.7 Å². The van der Waals surface area contributed by atoms with Gasteiger partial charge in [0.25, 0.3) is 17.0 Å². The van der Waals surface area contributed by atoms with Gasteiger partial charge < -0.3 is 14.5 Å². The Morgan fingerprint density at radius 3 is 2.84 bits per heavy atom. The molecular weight excluding hydrogens is 326 g/mol. The number of ether oxygens (including phenoxy) is 1. The number of benzene rings is 1. The summed E-state index contributed by atoms with van der Waals surface area (Å²) in [6.07, 6.45) is 0. The van der Waals surface area contributed by atoms with E-state index < -0.39 is 0 Å². The zero-order chi connectivity index (χ0) is 18.0. The van der Waals surface area contributed by atoms with Crippen LogP contribution in [0, 0.1) is 6.92 Å². The normalized spacial score (nSPS) is 10.8. The number of H-pyrrole nitrogens is 1. The summed E-state index contributed by atoms with van der Waals surface area (Å²) in [5.74, 6) is 0.455. The second-order valence-electron chi connectivity index (χ2n) is 5.47. The first-order valence-corrected chi connectivity index (χ1v) is 7.65. The summed E-state index contributed by atoms with van der Waals surface area (Å²) in [5.41, 5.74) is 0.555. The highest BCUT2D eigenvalue weighted by Crippen LogP contribution is 2.28. The molecule has 0 aliphatic carbocycles. The SMILES string of the molecule is COc1ccc2c(C)c(C(=O)NCCn3[nH]c(=O)ccc3=O)oc2c1. The minimum absolute atomic E-state index is 0.147. The fourth-order valence-electron chi connectivity index (χ4n) is 2.54. The number of methoxy groups -OCH3 is 1. The number of hydrogen-bond donors (Lipinski definition) is 2. The molecular formula is C17H17N3O5. The largest absolute Gasteiger partial charge is 0.497 e. The second-order valence-corrected chi connectivity index (χ2v) is 5.47. The number of fused-ring (bicyclic) bond motifs is 1. The molecule has 0 atom stereocenters. The molecule has 0 bridgehead atoms. The lowest BCUT2D eigenvalue weighted by molar-refractivity contribution is 0.0925. The molecule has 8 nitrogen and oxygen atoms in total. The number of nitrogens with zero attached hydrogens (tertiary/aromatic N) is 1. The van der Waals surface area contributed by atoms with E-state index in [-0.39, 0.29) is 35.9 Å². The van der Waals surface area contributed by atoms with Crippen LogP contribution in [0.5, 0.6) is 5.75 Å². The molecule has 0 spiro atoms. The van der Waals surface area contributed by atoms with E-state index in [0.29, 0.717) is 11.3 Å². The van der Waals surface area contributed by atoms with Gasteiger partial charge in [0, 0.05) is 35.7 Å². The Labute approximate surface area is 142 Å². The number of carbonyl (C=O) groups excluding carboxylic acids is 1. The van der Waals surface area contributed by atoms with Gasteiger partial charge in [-0.15, -0.1) is 0 Å². The van der Waals surface area contributed by atoms with E-state index in [1.165, 1.54) is 6.07 Å². The molecule has 0 unspecified atom stereocenters. The lowest BCUT2D eigenvalue weighted by Gasteiger charge is -2.06. The van der Waals surface area contributed by atoms with Crippen LogP contribution in [0.4, 0.5) is 0 Å². The van der Waals surface area contributed by atoms with Crippen molar-refractivity contribution in [3.63, 3.8) is 0 Å². The Balaban J connectivity index is 1.74. The summed E-state index contributed by atoms with van der Waals surface area (Å²) < 4.78 is 11.9. The molecule has 0 aliphatic heterocycles. The number of rotatable bonds is 5. The van der Waals surface area contributed by atoms with Gasteiger partial charge >= 0.3 is 0 Å². The van der Waals surface area contributed by atoms with Gasteiger partial charge in [-0.1, -0.05) is 0 Å². The zero-order valence-electron chi connectivity index (χ0n) is 13.8. The second kappa shape index (κ2) is 6.68. The van der Waals surface area contributed by atoms with Gasteiger partial charge in [0.2, 0.25) is 0 Å². The van der Waals surface area contributed by atoms with Gasteiger partial charge in [0.1, 0.15) is 11.3 Å². The number of aryl methyl sites for hydroxylation is 1. The zero-order valence-corrected chi connectivity index (χ0v) is 13.8. The lowest BCUT2D eigenvalue weighted by atomic mass is 10.1. The Bertz CT molecular complexity index is 1040. The first kappa shape index (κ1) is 16.6. The quantitative estimate of drug-likeness (QED) is 0.720. The molecule has 2 N–H and O–H groups in total. The highest BCUT2D eigenvalue weighted by molar-refractivity contribution is 5.99. The van der Waals surface area contributed by atoms with Crippen LogP contribution in [0.1, 0.15) is 16.1 Å². The summed E-state index contributed by atoms with van der Waals surface area (Å²) in [6, 6.07) is 7.68. The van der Waals surface area contributed by atoms with E-state index in [1.54, 1.807) is 26.2 Å². The highest BCUT2D eigenvalue weighted by atomic mass is 16.5. The summed E-state index contributed by atoms with van der Waals surface area (Å²) in [5, 5.41) is 5.90. The molecule has 3 rings (SSSR count). The van der Waals surface area contributed by atoms with Gasteiger partial charge in [-0.2, -0.15) is 0 Å². The lowest BCUT2D eigenvalue weighted by Crippen LogP contribution is -2.34. The van der Waals surface area contributed by atoms with Crippen LogP contribution in [0.15, 0.2) is 44.3 Å². The number of aromatic nitrogens is 2. The summed E-state index contributed by atoms with van der Waals surface area (Å²) >= 11 is 0. The molecule has 2 aromatic heterocycles. The fourth-order valence-corrected chi connectivity index (χ4v) is 2.54. The highest BCUT2D eigenvalue weighted by Gasteiger charge is 2.17. The number of hydrogen-bond acceptors (Lipinski definition) is 5. The minimum Gasteiger partial charge on any atom is -0.497 e. The third kappa shape index (κ3) is 3.32. The van der Waals surface area contributed by atoms with Gasteiger partial charge in [-0.05, 0) is 19.1 Å². The van der Waals surface area contributed by atoms with Gasteiger partial charge in [-0.25, -0.2) is 4.68 Å². The first-order chi connectivity index (χ1) is 12.0. The molecule has 0 aliphatic rings. The predicted octanol–water partition coefficient (Wildman–Crippen LogP) is 1.03. The standard InChI is InChI=1S/C17H17N3O5/c1-10-12-4-3-11(24-2)9-13(12)25-16(10)17(23)18-7-8-20-15(22)6-5-14(21)19-20/h3-6,9H,7-8H2,1-2H3,(H,18,23)(H,19,21). The number of furan rings is 1. The van der Waals surface area contributed by atoms with Crippen LogP contribution < -0.4 is 21.2 Å². The van der Waals surface area contributed by atoms with Crippen molar-refractivity contribution < 1.29 is 13.9 Å². The molecule has 8 heteroatoms. The predicted molar refractivity (Wildman–Crippen MR) is 91.2 cm³/mol. The van der Waals surface area contributed by atoms with E-state index >= 15 is 0 Å². The Morgan fingerprint density at radius 1 is 1.28 bits per heavy atom. The van der Waals surface area contributed by atoms with Crippen molar-refractivity contribution in [2.45, 2.75) is 13.5 Å². The summed E-state index contributed by atoms with van der Waals surface area (Å²) in [4.78, 5) is 35.2. The number of nitrogens with one attached hydrogen (secondary N) is 2. The molecule has 130 valence electrons. The molecule has 2 heterocycles. The molecule has 1 amide bonds. The van der Waals surface area contributed by atoms with Gasteiger partial charge in [-0.3, -0.25) is 19.5 Å². The van der Waals surface area contributed by atoms with Crippen molar-refractivity contribution in [2.24, 2.45) is 0 Å². The fraction of sp³-hybridized carbons (Fsp3) is 0.235. The van der Waals surface area contributed by atoms with E-state index in [9.17, 15) is 14.4 Å². The molecule has 0 saturated carbocycles. The number of amides is 1. The summed E-state index contributed by atoms with van der Waals surface area (Å²) in [6.45, 7) is 2.11. The van der Waals surface area contributed by atoms with Crippen molar-refractivity contribution in [1.82, 2.24) is 15.1 Å². The Kier molecular flexibility index (Phi) is 4.42. The van der Waals surface area contributed by atoms with E-state index in [1.807, 2.05) is 6.07 Å². The van der Waals surface area contributed by atoms with Gasteiger partial charge in [0.15, 0.2) is 5.76 Å². The Morgan fingerprint density at radius 2 is 2.08 bits per heavy atom. The monoisotopic (exact) mass is 343 g/mol. The molecule has 3 aromatic rings. The number of aromatic amines is 1. The topological polar surface area (TPSA) is 106 Å². The summed E-state index contributed by atoms with van der Waals surface area (Å²) in [7, 11) is 1.56. The molecule has 25 heavy (non-hydrogen) atoms. The minimum atomic E-state index is -0.390. The molecule has 0 radical (unpaired) electrons. The van der Waals surface area contributed by atoms with Crippen LogP contribution in [0.2, 0.25) is 0 Å². The maximum absolute atomic E-state index is 12.3. The van der Waals surface area contributed by atoms with Crippen molar-refractivity contribution in [3.05, 3.63) is 62.4 Å². The van der Waals surface area contributed by atoms with Gasteiger partial charge in [0.05, 0.1) is 13.7 Å². The first-order valence-electron chi connectivity index (χ1n) is 7.65. The van der Waals surface area contributed by atoms with E-state index in [4.69, 9.17) is 9.15 Å². The average molecular weight is 343 g/mol.